The van der Waals surface area contributed by atoms with Gasteiger partial charge in [-0.15, -0.1) is 0 Å². The molecule has 0 bridgehead atoms. The van der Waals surface area contributed by atoms with Gasteiger partial charge in [-0.25, -0.2) is 0 Å². The van der Waals surface area contributed by atoms with Crippen LogP contribution in [0.25, 0.3) is 11.3 Å². The van der Waals surface area contributed by atoms with E-state index < -0.39 is 6.04 Å². The normalized spacial score (nSPS) is 15.7. The van der Waals surface area contributed by atoms with Gasteiger partial charge in [0, 0.05) is 18.7 Å². The first kappa shape index (κ1) is 17.2. The van der Waals surface area contributed by atoms with Crippen molar-refractivity contribution in [2.75, 3.05) is 26.3 Å². The molecule has 2 heterocycles. The molecule has 0 spiro atoms. The Kier molecular flexibility index (Phi) is 5.14. The summed E-state index contributed by atoms with van der Waals surface area (Å²) in [6.45, 7) is 5.86. The minimum Gasteiger partial charge on any atom is -0.378 e. The van der Waals surface area contributed by atoms with Gasteiger partial charge < -0.3 is 15.0 Å². The van der Waals surface area contributed by atoms with Gasteiger partial charge in [0.05, 0.1) is 18.9 Å². The van der Waals surface area contributed by atoms with Crippen LogP contribution in [0.5, 0.6) is 0 Å². The molecule has 132 valence electrons. The number of H-pyrrole nitrogens is 1. The van der Waals surface area contributed by atoms with Crippen LogP contribution < -0.4 is 5.32 Å². The maximum absolute atomic E-state index is 12.4. The molecule has 0 saturated carbocycles. The monoisotopic (exact) mass is 342 g/mol. The lowest BCUT2D eigenvalue weighted by molar-refractivity contribution is -0.136. The van der Waals surface area contributed by atoms with Crippen molar-refractivity contribution in [3.63, 3.8) is 0 Å². The van der Waals surface area contributed by atoms with Crippen LogP contribution in [-0.4, -0.2) is 59.3 Å². The van der Waals surface area contributed by atoms with E-state index in [1.807, 2.05) is 31.2 Å². The summed E-state index contributed by atoms with van der Waals surface area (Å²) < 4.78 is 5.24. The Balaban J connectivity index is 1.65. The van der Waals surface area contributed by atoms with Crippen molar-refractivity contribution in [2.45, 2.75) is 19.9 Å². The third-order valence-corrected chi connectivity index (χ3v) is 4.28. The summed E-state index contributed by atoms with van der Waals surface area (Å²) in [7, 11) is 0. The summed E-state index contributed by atoms with van der Waals surface area (Å²) in [5.74, 6) is -0.447. The number of hydrogen-bond acceptors (Lipinski definition) is 4. The number of carbonyl (C=O) groups excluding carboxylic acids is 2. The molecule has 1 aliphatic heterocycles. The lowest BCUT2D eigenvalue weighted by Gasteiger charge is -2.29. The molecule has 7 heteroatoms. The number of aryl methyl sites for hydroxylation is 1. The van der Waals surface area contributed by atoms with E-state index in [0.717, 1.165) is 11.1 Å². The molecule has 1 aromatic carbocycles. The summed E-state index contributed by atoms with van der Waals surface area (Å²) in [6.07, 6.45) is 0. The highest BCUT2D eigenvalue weighted by Gasteiger charge is 2.24. The quantitative estimate of drug-likeness (QED) is 0.878. The number of ether oxygens (including phenoxy) is 1. The van der Waals surface area contributed by atoms with E-state index in [9.17, 15) is 9.59 Å². The van der Waals surface area contributed by atoms with Crippen LogP contribution >= 0.6 is 0 Å². The van der Waals surface area contributed by atoms with Crippen LogP contribution in [0.2, 0.25) is 0 Å². The molecule has 7 nitrogen and oxygen atoms in total. The fourth-order valence-corrected chi connectivity index (χ4v) is 2.83. The molecule has 25 heavy (non-hydrogen) atoms. The summed E-state index contributed by atoms with van der Waals surface area (Å²) >= 11 is 0. The molecule has 2 aromatic rings. The van der Waals surface area contributed by atoms with E-state index >= 15 is 0 Å². The van der Waals surface area contributed by atoms with Crippen LogP contribution in [0.4, 0.5) is 0 Å². The Labute approximate surface area is 146 Å². The first-order chi connectivity index (χ1) is 12.1. The Hall–Kier alpha value is -2.67. The number of nitrogens with one attached hydrogen (secondary N) is 2. The van der Waals surface area contributed by atoms with Crippen molar-refractivity contribution >= 4 is 11.8 Å². The second-order valence-corrected chi connectivity index (χ2v) is 6.11. The zero-order valence-corrected chi connectivity index (χ0v) is 14.4. The number of amides is 2. The minimum atomic E-state index is -0.601. The highest BCUT2D eigenvalue weighted by molar-refractivity contribution is 5.96. The Morgan fingerprint density at radius 2 is 2.00 bits per heavy atom. The molecule has 1 saturated heterocycles. The van der Waals surface area contributed by atoms with Gasteiger partial charge in [0.15, 0.2) is 0 Å². The number of carbonyl (C=O) groups is 2. The summed E-state index contributed by atoms with van der Waals surface area (Å²) in [5, 5.41) is 9.69. The molecule has 0 unspecified atom stereocenters. The summed E-state index contributed by atoms with van der Waals surface area (Å²) in [4.78, 5) is 26.5. The molecular weight excluding hydrogens is 320 g/mol. The first-order valence-electron chi connectivity index (χ1n) is 8.35. The maximum Gasteiger partial charge on any atom is 0.269 e. The molecule has 1 aliphatic rings. The Morgan fingerprint density at radius 1 is 1.28 bits per heavy atom. The highest BCUT2D eigenvalue weighted by Crippen LogP contribution is 2.21. The first-order valence-corrected chi connectivity index (χ1v) is 8.35. The molecule has 3 rings (SSSR count). The molecule has 1 aromatic heterocycles. The Bertz CT molecular complexity index is 765. The number of rotatable bonds is 4. The lowest BCUT2D eigenvalue weighted by atomic mass is 10.1. The van der Waals surface area contributed by atoms with Crippen LogP contribution in [0, 0.1) is 6.92 Å². The van der Waals surface area contributed by atoms with Gasteiger partial charge >= 0.3 is 0 Å². The number of aromatic amines is 1. The Morgan fingerprint density at radius 3 is 2.72 bits per heavy atom. The molecule has 0 aliphatic carbocycles. The number of aromatic nitrogens is 2. The SMILES string of the molecule is Cc1ccccc1-c1cc(C(=O)N[C@@H](C)C(=O)N2CCOCC2)[nH]n1. The molecule has 2 amide bonds. The number of benzene rings is 1. The third kappa shape index (κ3) is 3.88. The standard InChI is InChI=1S/C18H22N4O3/c1-12-5-3-4-6-14(12)15-11-16(21-20-15)17(23)19-13(2)18(24)22-7-9-25-10-8-22/h3-6,11,13H,7-10H2,1-2H3,(H,19,23)(H,20,21)/t13-/m0/s1. The summed E-state index contributed by atoms with van der Waals surface area (Å²) in [5.41, 5.74) is 3.09. The van der Waals surface area contributed by atoms with Crippen molar-refractivity contribution in [2.24, 2.45) is 0 Å². The van der Waals surface area contributed by atoms with Gasteiger partial charge in [0.1, 0.15) is 11.7 Å². The van der Waals surface area contributed by atoms with Crippen LogP contribution in [-0.2, 0) is 9.53 Å². The van der Waals surface area contributed by atoms with Gasteiger partial charge in [-0.1, -0.05) is 24.3 Å². The van der Waals surface area contributed by atoms with Crippen LogP contribution in [0.3, 0.4) is 0 Å². The summed E-state index contributed by atoms with van der Waals surface area (Å²) in [6, 6.07) is 8.93. The van der Waals surface area contributed by atoms with Crippen molar-refractivity contribution in [3.8, 4) is 11.3 Å². The zero-order chi connectivity index (χ0) is 17.8. The average molecular weight is 342 g/mol. The van der Waals surface area contributed by atoms with Crippen molar-refractivity contribution in [1.29, 1.82) is 0 Å². The molecular formula is C18H22N4O3. The topological polar surface area (TPSA) is 87.3 Å². The fraction of sp³-hybridized carbons (Fsp3) is 0.389. The van der Waals surface area contributed by atoms with Gasteiger partial charge in [-0.3, -0.25) is 14.7 Å². The third-order valence-electron chi connectivity index (χ3n) is 4.28. The second kappa shape index (κ2) is 7.48. The average Bonchev–Trinajstić information content (AvgIpc) is 3.12. The van der Waals surface area contributed by atoms with Gasteiger partial charge in [-0.2, -0.15) is 5.10 Å². The van der Waals surface area contributed by atoms with Gasteiger partial charge in [-0.05, 0) is 25.5 Å². The number of hydrogen-bond donors (Lipinski definition) is 2. The second-order valence-electron chi connectivity index (χ2n) is 6.11. The smallest absolute Gasteiger partial charge is 0.269 e. The van der Waals surface area contributed by atoms with Crippen LogP contribution in [0.1, 0.15) is 23.0 Å². The van der Waals surface area contributed by atoms with Gasteiger partial charge in [0.25, 0.3) is 5.91 Å². The van der Waals surface area contributed by atoms with E-state index in [4.69, 9.17) is 4.74 Å². The zero-order valence-electron chi connectivity index (χ0n) is 14.4. The van der Waals surface area contributed by atoms with Gasteiger partial charge in [0.2, 0.25) is 5.91 Å². The lowest BCUT2D eigenvalue weighted by Crippen LogP contribution is -2.50. The maximum atomic E-state index is 12.4. The predicted octanol–water partition coefficient (Wildman–Crippen LogP) is 1.36. The largest absolute Gasteiger partial charge is 0.378 e. The fourth-order valence-electron chi connectivity index (χ4n) is 2.83. The number of morpholine rings is 1. The molecule has 2 N–H and O–H groups in total. The predicted molar refractivity (Wildman–Crippen MR) is 93.1 cm³/mol. The van der Waals surface area contributed by atoms with E-state index in [1.165, 1.54) is 0 Å². The molecule has 1 atom stereocenters. The number of nitrogens with zero attached hydrogens (tertiary/aromatic N) is 2. The van der Waals surface area contributed by atoms with Crippen LogP contribution in [0.15, 0.2) is 30.3 Å². The highest BCUT2D eigenvalue weighted by atomic mass is 16.5. The van der Waals surface area contributed by atoms with E-state index in [1.54, 1.807) is 17.9 Å². The van der Waals surface area contributed by atoms with E-state index in [0.29, 0.717) is 37.7 Å². The van der Waals surface area contributed by atoms with E-state index in [2.05, 4.69) is 15.5 Å². The van der Waals surface area contributed by atoms with Crippen molar-refractivity contribution < 1.29 is 14.3 Å². The van der Waals surface area contributed by atoms with Crippen molar-refractivity contribution in [3.05, 3.63) is 41.6 Å². The molecule has 1 fully saturated rings. The van der Waals surface area contributed by atoms with E-state index in [-0.39, 0.29) is 11.8 Å². The van der Waals surface area contributed by atoms with Crippen molar-refractivity contribution in [1.82, 2.24) is 20.4 Å². The molecule has 0 radical (unpaired) electrons. The minimum absolute atomic E-state index is 0.102.